The molecule has 144 valence electrons. The molecule has 0 heterocycles. The van der Waals surface area contributed by atoms with Crippen LogP contribution in [0.5, 0.6) is 0 Å². The van der Waals surface area contributed by atoms with Gasteiger partial charge in [0.1, 0.15) is 5.57 Å². The zero-order valence-corrected chi connectivity index (χ0v) is 16.3. The minimum absolute atomic E-state index is 0.133. The van der Waals surface area contributed by atoms with Crippen LogP contribution in [-0.2, 0) is 14.3 Å². The second kappa shape index (κ2) is 13.4. The first-order valence-corrected chi connectivity index (χ1v) is 9.47. The molecule has 0 N–H and O–H groups in total. The van der Waals surface area contributed by atoms with Crippen molar-refractivity contribution in [3.63, 3.8) is 0 Å². The zero-order chi connectivity index (χ0) is 19.9. The van der Waals surface area contributed by atoms with Crippen LogP contribution in [0.1, 0.15) is 52.4 Å². The molecule has 0 radical (unpaired) electrons. The third-order valence-electron chi connectivity index (χ3n) is 3.98. The summed E-state index contributed by atoms with van der Waals surface area (Å²) in [6.45, 7) is 4.02. The van der Waals surface area contributed by atoms with E-state index >= 15 is 0 Å². The summed E-state index contributed by atoms with van der Waals surface area (Å²) < 4.78 is 5.23. The van der Waals surface area contributed by atoms with Gasteiger partial charge in [-0.2, -0.15) is 0 Å². The van der Waals surface area contributed by atoms with E-state index < -0.39 is 5.97 Å². The van der Waals surface area contributed by atoms with E-state index in [0.717, 1.165) is 24.9 Å². The monoisotopic (exact) mass is 367 g/mol. The highest BCUT2D eigenvalue weighted by Gasteiger charge is 2.09. The maximum Gasteiger partial charge on any atom is 0.346 e. The number of unbranched alkanes of at least 4 members (excludes halogenated alkanes) is 5. The Morgan fingerprint density at radius 2 is 1.78 bits per heavy atom. The molecule has 0 aliphatic heterocycles. The fourth-order valence-electron chi connectivity index (χ4n) is 2.49. The first-order chi connectivity index (χ1) is 13.1. The topological polar surface area (TPSA) is 46.6 Å². The summed E-state index contributed by atoms with van der Waals surface area (Å²) in [4.78, 5) is 25.3. The van der Waals surface area contributed by atoms with Gasteiger partial charge in [0.05, 0.1) is 6.61 Å². The molecule has 27 heavy (non-hydrogen) atoms. The van der Waals surface area contributed by atoms with Gasteiger partial charge in [0, 0.05) is 18.8 Å². The lowest BCUT2D eigenvalue weighted by molar-refractivity contribution is -0.138. The third kappa shape index (κ3) is 8.91. The third-order valence-corrected chi connectivity index (χ3v) is 3.98. The molecule has 0 saturated heterocycles. The molecule has 4 nitrogen and oxygen atoms in total. The number of terminal acetylenes is 1. The van der Waals surface area contributed by atoms with Crippen LogP contribution in [0.3, 0.4) is 0 Å². The number of rotatable bonds is 11. The summed E-state index contributed by atoms with van der Waals surface area (Å²) in [6, 6.07) is 9.23. The predicted molar refractivity (Wildman–Crippen MR) is 110 cm³/mol. The van der Waals surface area contributed by atoms with Crippen LogP contribution in [0.2, 0.25) is 0 Å². The minimum Gasteiger partial charge on any atom is -0.462 e. The van der Waals surface area contributed by atoms with Gasteiger partial charge in [-0.1, -0.05) is 63.1 Å². The number of benzene rings is 1. The molecule has 0 aromatic heterocycles. The second-order valence-electron chi connectivity index (χ2n) is 6.19. The van der Waals surface area contributed by atoms with Crippen LogP contribution in [0.25, 0.3) is 0 Å². The molecule has 4 heteroatoms. The van der Waals surface area contributed by atoms with E-state index in [9.17, 15) is 9.59 Å². The van der Waals surface area contributed by atoms with Gasteiger partial charge in [-0.3, -0.25) is 9.69 Å². The molecule has 0 aliphatic rings. The molecule has 1 aromatic rings. The number of carbonyl (C=O) groups is 2. The van der Waals surface area contributed by atoms with Gasteiger partial charge in [-0.15, -0.1) is 6.42 Å². The van der Waals surface area contributed by atoms with Crippen molar-refractivity contribution in [2.24, 2.45) is 0 Å². The minimum atomic E-state index is -0.509. The summed E-state index contributed by atoms with van der Waals surface area (Å²) in [5, 5.41) is 0. The van der Waals surface area contributed by atoms with Gasteiger partial charge in [-0.25, -0.2) is 4.79 Å². The largest absolute Gasteiger partial charge is 0.462 e. The van der Waals surface area contributed by atoms with Crippen molar-refractivity contribution in [2.75, 3.05) is 11.5 Å². The van der Waals surface area contributed by atoms with E-state index in [4.69, 9.17) is 11.2 Å². The number of amides is 1. The highest BCUT2D eigenvalue weighted by molar-refractivity contribution is 5.94. The quantitative estimate of drug-likeness (QED) is 0.181. The normalized spacial score (nSPS) is 11.2. The molecule has 0 unspecified atom stereocenters. The Morgan fingerprint density at radius 3 is 2.41 bits per heavy atom. The number of esters is 1. The summed E-state index contributed by atoms with van der Waals surface area (Å²) in [5.74, 6) is 1.70. The first-order valence-electron chi connectivity index (χ1n) is 9.47. The number of para-hydroxylation sites is 1. The van der Waals surface area contributed by atoms with Gasteiger partial charge in [0.15, 0.2) is 0 Å². The lowest BCUT2D eigenvalue weighted by Gasteiger charge is -2.15. The Kier molecular flexibility index (Phi) is 11.0. The first kappa shape index (κ1) is 22.2. The molecule has 0 bridgehead atoms. The van der Waals surface area contributed by atoms with E-state index in [0.29, 0.717) is 6.61 Å². The van der Waals surface area contributed by atoms with Crippen molar-refractivity contribution >= 4 is 17.6 Å². The van der Waals surface area contributed by atoms with E-state index in [1.54, 1.807) is 12.3 Å². The van der Waals surface area contributed by atoms with E-state index in [-0.39, 0.29) is 11.5 Å². The number of ether oxygens (including phenoxy) is 1. The number of carbonyl (C=O) groups excluding carboxylic acids is 2. The number of hydrogen-bond donors (Lipinski definition) is 0. The van der Waals surface area contributed by atoms with Gasteiger partial charge in [0.25, 0.3) is 0 Å². The molecular formula is C23H29NO3. The van der Waals surface area contributed by atoms with Crippen molar-refractivity contribution < 1.29 is 14.3 Å². The van der Waals surface area contributed by atoms with Gasteiger partial charge in [-0.05, 0) is 30.7 Å². The summed E-state index contributed by atoms with van der Waals surface area (Å²) in [5.41, 5.74) is 0.872. The van der Waals surface area contributed by atoms with E-state index in [2.05, 4.69) is 12.8 Å². The lowest BCUT2D eigenvalue weighted by Crippen LogP contribution is -2.21. The van der Waals surface area contributed by atoms with Crippen LogP contribution < -0.4 is 4.90 Å². The average molecular weight is 367 g/mol. The zero-order valence-electron chi connectivity index (χ0n) is 16.3. The molecule has 1 aromatic carbocycles. The van der Waals surface area contributed by atoms with Crippen LogP contribution in [0.15, 0.2) is 54.3 Å². The number of hydrogen-bond acceptors (Lipinski definition) is 3. The standard InChI is InChI=1S/C23H29NO3/c1-4-6-7-8-9-13-19-27-23(26)21(5-2)15-14-18-24(20(3)25)22-16-11-10-12-17-22/h2,10-12,14-18H,4,6-9,13,19H2,1,3H3/b18-14+,21-15+. The fraction of sp³-hybridized carbons (Fsp3) is 0.391. The molecule has 0 spiro atoms. The van der Waals surface area contributed by atoms with Crippen molar-refractivity contribution in [3.8, 4) is 12.3 Å². The molecule has 0 atom stereocenters. The van der Waals surface area contributed by atoms with Crippen molar-refractivity contribution in [2.45, 2.75) is 52.4 Å². The van der Waals surface area contributed by atoms with Crippen LogP contribution >= 0.6 is 0 Å². The van der Waals surface area contributed by atoms with Crippen LogP contribution in [-0.4, -0.2) is 18.5 Å². The average Bonchev–Trinajstić information content (AvgIpc) is 2.67. The van der Waals surface area contributed by atoms with E-state index in [1.807, 2.05) is 30.3 Å². The lowest BCUT2D eigenvalue weighted by atomic mass is 10.1. The molecule has 0 saturated carbocycles. The SMILES string of the molecule is C#C/C(=C\C=C\N(C(C)=O)c1ccccc1)C(=O)OCCCCCCCC. The number of nitrogens with zero attached hydrogens (tertiary/aromatic N) is 1. The highest BCUT2D eigenvalue weighted by Crippen LogP contribution is 2.14. The molecular weight excluding hydrogens is 338 g/mol. The smallest absolute Gasteiger partial charge is 0.346 e. The maximum atomic E-state index is 12.0. The summed E-state index contributed by atoms with van der Waals surface area (Å²) in [6.07, 6.45) is 16.8. The summed E-state index contributed by atoms with van der Waals surface area (Å²) >= 11 is 0. The Balaban J connectivity index is 2.55. The Morgan fingerprint density at radius 1 is 1.11 bits per heavy atom. The maximum absolute atomic E-state index is 12.0. The molecule has 0 aliphatic carbocycles. The van der Waals surface area contributed by atoms with Crippen molar-refractivity contribution in [3.05, 3.63) is 54.3 Å². The Labute approximate surface area is 162 Å². The summed E-state index contributed by atoms with van der Waals surface area (Å²) in [7, 11) is 0. The van der Waals surface area contributed by atoms with Crippen molar-refractivity contribution in [1.29, 1.82) is 0 Å². The molecule has 1 amide bonds. The van der Waals surface area contributed by atoms with Crippen molar-refractivity contribution in [1.82, 2.24) is 0 Å². The number of anilines is 1. The number of allylic oxidation sites excluding steroid dienone is 2. The van der Waals surface area contributed by atoms with Crippen LogP contribution in [0, 0.1) is 12.3 Å². The van der Waals surface area contributed by atoms with E-state index in [1.165, 1.54) is 37.2 Å². The predicted octanol–water partition coefficient (Wildman–Crippen LogP) is 5.02. The fourth-order valence-corrected chi connectivity index (χ4v) is 2.49. The van der Waals surface area contributed by atoms with Gasteiger partial charge in [0.2, 0.25) is 5.91 Å². The van der Waals surface area contributed by atoms with Gasteiger partial charge >= 0.3 is 5.97 Å². The Bertz CT molecular complexity index is 683. The molecule has 1 rings (SSSR count). The Hall–Kier alpha value is -2.80. The highest BCUT2D eigenvalue weighted by atomic mass is 16.5. The van der Waals surface area contributed by atoms with Gasteiger partial charge < -0.3 is 4.74 Å². The second-order valence-corrected chi connectivity index (χ2v) is 6.19. The van der Waals surface area contributed by atoms with Crippen LogP contribution in [0.4, 0.5) is 5.69 Å². The molecule has 0 fully saturated rings.